The molecule has 0 aromatic carbocycles. The van der Waals surface area contributed by atoms with E-state index in [2.05, 4.69) is 34.9 Å². The average molecular weight is 263 g/mol. The van der Waals surface area contributed by atoms with Gasteiger partial charge >= 0.3 is 0 Å². The molecule has 1 saturated carbocycles. The molecule has 0 amide bonds. The summed E-state index contributed by atoms with van der Waals surface area (Å²) in [5, 5.41) is 3.45. The molecule has 0 atom stereocenters. The number of piperidine rings is 1. The second-order valence-corrected chi connectivity index (χ2v) is 6.20. The summed E-state index contributed by atoms with van der Waals surface area (Å²) in [6, 6.07) is 0.598. The van der Waals surface area contributed by atoms with Crippen LogP contribution < -0.4 is 5.32 Å². The van der Waals surface area contributed by atoms with E-state index < -0.39 is 0 Å². The first-order valence-electron chi connectivity index (χ1n) is 7.57. The molecule has 1 aliphatic heterocycles. The SMILES string of the molecule is CCOC1CC(n2cncc2C2(C)CCNCC2)C1. The third-order valence-electron chi connectivity index (χ3n) is 4.86. The Morgan fingerprint density at radius 2 is 2.16 bits per heavy atom. The van der Waals surface area contributed by atoms with Gasteiger partial charge in [-0.2, -0.15) is 0 Å². The molecule has 1 aromatic rings. The van der Waals surface area contributed by atoms with Crippen LogP contribution in [0.1, 0.15) is 51.3 Å². The first-order valence-corrected chi connectivity index (χ1v) is 7.57. The summed E-state index contributed by atoms with van der Waals surface area (Å²) >= 11 is 0. The van der Waals surface area contributed by atoms with Gasteiger partial charge in [0.15, 0.2) is 0 Å². The van der Waals surface area contributed by atoms with Gasteiger partial charge < -0.3 is 14.6 Å². The van der Waals surface area contributed by atoms with E-state index in [-0.39, 0.29) is 0 Å². The lowest BCUT2D eigenvalue weighted by molar-refractivity contribution is -0.0211. The molecule has 1 saturated heterocycles. The summed E-state index contributed by atoms with van der Waals surface area (Å²) in [6.07, 6.45) is 9.28. The van der Waals surface area contributed by atoms with Gasteiger partial charge in [-0.1, -0.05) is 6.92 Å². The Labute approximate surface area is 115 Å². The van der Waals surface area contributed by atoms with Crippen molar-refractivity contribution < 1.29 is 4.74 Å². The van der Waals surface area contributed by atoms with Crippen molar-refractivity contribution in [1.29, 1.82) is 0 Å². The van der Waals surface area contributed by atoms with Gasteiger partial charge in [-0.05, 0) is 45.7 Å². The Bertz CT molecular complexity index is 417. The molecule has 0 unspecified atom stereocenters. The molecule has 3 rings (SSSR count). The molecule has 1 N–H and O–H groups in total. The lowest BCUT2D eigenvalue weighted by Gasteiger charge is -2.41. The highest BCUT2D eigenvalue weighted by Gasteiger charge is 2.37. The van der Waals surface area contributed by atoms with Crippen molar-refractivity contribution in [3.8, 4) is 0 Å². The number of nitrogens with zero attached hydrogens (tertiary/aromatic N) is 2. The van der Waals surface area contributed by atoms with Crippen LogP contribution in [0.4, 0.5) is 0 Å². The van der Waals surface area contributed by atoms with Crippen molar-refractivity contribution in [3.05, 3.63) is 18.2 Å². The van der Waals surface area contributed by atoms with E-state index in [1.165, 1.54) is 18.5 Å². The maximum Gasteiger partial charge on any atom is 0.0951 e. The van der Waals surface area contributed by atoms with Crippen molar-refractivity contribution in [3.63, 3.8) is 0 Å². The standard InChI is InChI=1S/C15H25N3O/c1-3-19-13-8-12(9-13)18-11-17-10-14(18)15(2)4-6-16-7-5-15/h10-13,16H,3-9H2,1-2H3. The Balaban J connectivity index is 1.72. The summed E-state index contributed by atoms with van der Waals surface area (Å²) in [5.41, 5.74) is 1.72. The number of aromatic nitrogens is 2. The molecule has 4 heteroatoms. The van der Waals surface area contributed by atoms with Crippen LogP contribution in [0.5, 0.6) is 0 Å². The Hall–Kier alpha value is -0.870. The topological polar surface area (TPSA) is 39.1 Å². The van der Waals surface area contributed by atoms with E-state index in [0.717, 1.165) is 32.5 Å². The van der Waals surface area contributed by atoms with E-state index in [0.29, 0.717) is 17.6 Å². The van der Waals surface area contributed by atoms with Gasteiger partial charge in [0.05, 0.1) is 12.4 Å². The first-order chi connectivity index (χ1) is 9.23. The van der Waals surface area contributed by atoms with Crippen molar-refractivity contribution >= 4 is 0 Å². The second kappa shape index (κ2) is 5.25. The third kappa shape index (κ3) is 2.43. The number of imidazole rings is 1. The number of hydrogen-bond acceptors (Lipinski definition) is 3. The molecule has 1 aromatic heterocycles. The van der Waals surface area contributed by atoms with Crippen LogP contribution in [-0.4, -0.2) is 35.4 Å². The van der Waals surface area contributed by atoms with Crippen LogP contribution in [0.3, 0.4) is 0 Å². The van der Waals surface area contributed by atoms with E-state index in [1.807, 2.05) is 6.33 Å². The highest BCUT2D eigenvalue weighted by Crippen LogP contribution is 2.40. The Morgan fingerprint density at radius 3 is 2.84 bits per heavy atom. The lowest BCUT2D eigenvalue weighted by Crippen LogP contribution is -2.41. The molecule has 1 aliphatic carbocycles. The highest BCUT2D eigenvalue weighted by molar-refractivity contribution is 5.17. The summed E-state index contributed by atoms with van der Waals surface area (Å²) in [7, 11) is 0. The minimum atomic E-state index is 0.290. The molecular weight excluding hydrogens is 238 g/mol. The predicted molar refractivity (Wildman–Crippen MR) is 75.4 cm³/mol. The van der Waals surface area contributed by atoms with Crippen LogP contribution in [0.25, 0.3) is 0 Å². The van der Waals surface area contributed by atoms with Crippen LogP contribution in [0, 0.1) is 0 Å². The maximum atomic E-state index is 5.67. The number of rotatable bonds is 4. The molecular formula is C15H25N3O. The fraction of sp³-hybridized carbons (Fsp3) is 0.800. The van der Waals surface area contributed by atoms with Gasteiger partial charge in [-0.15, -0.1) is 0 Å². The van der Waals surface area contributed by atoms with Gasteiger partial charge in [0, 0.05) is 30.0 Å². The number of ether oxygens (including phenoxy) is 1. The lowest BCUT2D eigenvalue weighted by atomic mass is 9.77. The van der Waals surface area contributed by atoms with Crippen molar-refractivity contribution in [2.45, 2.75) is 57.1 Å². The average Bonchev–Trinajstić information content (AvgIpc) is 2.83. The summed E-state index contributed by atoms with van der Waals surface area (Å²) < 4.78 is 8.09. The monoisotopic (exact) mass is 263 g/mol. The second-order valence-electron chi connectivity index (χ2n) is 6.20. The zero-order valence-corrected chi connectivity index (χ0v) is 12.1. The minimum absolute atomic E-state index is 0.290. The quantitative estimate of drug-likeness (QED) is 0.905. The number of nitrogens with one attached hydrogen (secondary N) is 1. The first kappa shape index (κ1) is 13.1. The smallest absolute Gasteiger partial charge is 0.0951 e. The largest absolute Gasteiger partial charge is 0.378 e. The van der Waals surface area contributed by atoms with E-state index in [1.54, 1.807) is 0 Å². The molecule has 2 fully saturated rings. The van der Waals surface area contributed by atoms with Crippen molar-refractivity contribution in [2.75, 3.05) is 19.7 Å². The highest BCUT2D eigenvalue weighted by atomic mass is 16.5. The molecule has 19 heavy (non-hydrogen) atoms. The van der Waals surface area contributed by atoms with E-state index >= 15 is 0 Å². The third-order valence-corrected chi connectivity index (χ3v) is 4.86. The summed E-state index contributed by atoms with van der Waals surface area (Å²) in [6.45, 7) is 7.53. The van der Waals surface area contributed by atoms with Gasteiger partial charge in [0.25, 0.3) is 0 Å². The fourth-order valence-corrected chi connectivity index (χ4v) is 3.43. The van der Waals surface area contributed by atoms with Crippen LogP contribution >= 0.6 is 0 Å². The van der Waals surface area contributed by atoms with Crippen molar-refractivity contribution in [1.82, 2.24) is 14.9 Å². The summed E-state index contributed by atoms with van der Waals surface area (Å²) in [4.78, 5) is 4.42. The van der Waals surface area contributed by atoms with Gasteiger partial charge in [-0.25, -0.2) is 4.98 Å². The maximum absolute atomic E-state index is 5.67. The molecule has 2 aliphatic rings. The fourth-order valence-electron chi connectivity index (χ4n) is 3.43. The molecule has 2 heterocycles. The number of hydrogen-bond donors (Lipinski definition) is 1. The molecule has 0 radical (unpaired) electrons. The van der Waals surface area contributed by atoms with Gasteiger partial charge in [0.2, 0.25) is 0 Å². The van der Waals surface area contributed by atoms with Crippen LogP contribution in [0.2, 0.25) is 0 Å². The molecule has 4 nitrogen and oxygen atoms in total. The molecule has 106 valence electrons. The molecule has 0 spiro atoms. The summed E-state index contributed by atoms with van der Waals surface area (Å²) in [5.74, 6) is 0. The van der Waals surface area contributed by atoms with Crippen LogP contribution in [-0.2, 0) is 10.2 Å². The zero-order chi connectivity index (χ0) is 13.3. The molecule has 0 bridgehead atoms. The van der Waals surface area contributed by atoms with Gasteiger partial charge in [0.1, 0.15) is 0 Å². The zero-order valence-electron chi connectivity index (χ0n) is 12.1. The minimum Gasteiger partial charge on any atom is -0.378 e. The van der Waals surface area contributed by atoms with E-state index in [4.69, 9.17) is 4.74 Å². The van der Waals surface area contributed by atoms with E-state index in [9.17, 15) is 0 Å². The predicted octanol–water partition coefficient (Wildman–Crippen LogP) is 2.26. The Kier molecular flexibility index (Phi) is 3.63. The van der Waals surface area contributed by atoms with Crippen molar-refractivity contribution in [2.24, 2.45) is 0 Å². The van der Waals surface area contributed by atoms with Gasteiger partial charge in [-0.3, -0.25) is 0 Å². The van der Waals surface area contributed by atoms with Crippen LogP contribution in [0.15, 0.2) is 12.5 Å². The normalized spacial score (nSPS) is 30.0. The Morgan fingerprint density at radius 1 is 1.42 bits per heavy atom.